The molecule has 0 radical (unpaired) electrons. The van der Waals surface area contributed by atoms with Gasteiger partial charge in [0.1, 0.15) is 18.1 Å². The van der Waals surface area contributed by atoms with Crippen LogP contribution in [-0.2, 0) is 13.0 Å². The second-order valence-corrected chi connectivity index (χ2v) is 8.04. The number of thiophene rings is 1. The van der Waals surface area contributed by atoms with Crippen LogP contribution in [0.1, 0.15) is 16.8 Å². The average molecular weight is 393 g/mol. The number of nitrogens with zero attached hydrogens (tertiary/aromatic N) is 2. The molecule has 4 heterocycles. The number of hydrogen-bond donors (Lipinski definition) is 2. The molecule has 0 saturated heterocycles. The van der Waals surface area contributed by atoms with Crippen LogP contribution in [0.2, 0.25) is 0 Å². The van der Waals surface area contributed by atoms with Crippen molar-refractivity contribution in [2.24, 2.45) is 0 Å². The number of H-pyrrole nitrogens is 1. The van der Waals surface area contributed by atoms with Crippen molar-refractivity contribution in [3.8, 4) is 22.2 Å². The van der Waals surface area contributed by atoms with Crippen LogP contribution in [0, 0.1) is 0 Å². The number of phenols is 1. The zero-order chi connectivity index (χ0) is 19.1. The first-order valence-corrected chi connectivity index (χ1v) is 10.1. The number of benzene rings is 1. The van der Waals surface area contributed by atoms with Crippen LogP contribution in [0.5, 0.6) is 11.5 Å². The molecule has 0 aliphatic carbocycles. The van der Waals surface area contributed by atoms with Crippen molar-refractivity contribution in [3.63, 3.8) is 0 Å². The minimum Gasteiger partial charge on any atom is -0.508 e. The van der Waals surface area contributed by atoms with E-state index in [0.717, 1.165) is 52.5 Å². The fourth-order valence-corrected chi connectivity index (χ4v) is 4.41. The summed E-state index contributed by atoms with van der Waals surface area (Å²) in [5.74, 6) is 1.67. The van der Waals surface area contributed by atoms with Crippen molar-refractivity contribution in [1.29, 1.82) is 0 Å². The summed E-state index contributed by atoms with van der Waals surface area (Å²) in [6.45, 7) is 2.66. The zero-order valence-electron chi connectivity index (χ0n) is 15.1. The maximum absolute atomic E-state index is 12.6. The van der Waals surface area contributed by atoms with Crippen LogP contribution in [0.3, 0.4) is 0 Å². The number of phenolic OH excluding ortho intramolecular Hbond substituents is 1. The summed E-state index contributed by atoms with van der Waals surface area (Å²) in [4.78, 5) is 23.5. The van der Waals surface area contributed by atoms with Crippen molar-refractivity contribution in [3.05, 3.63) is 68.5 Å². The van der Waals surface area contributed by atoms with E-state index in [4.69, 9.17) is 9.72 Å². The Kier molecular flexibility index (Phi) is 4.26. The zero-order valence-corrected chi connectivity index (χ0v) is 16.0. The van der Waals surface area contributed by atoms with Crippen LogP contribution in [0.25, 0.3) is 16.8 Å². The molecule has 28 heavy (non-hydrogen) atoms. The Morgan fingerprint density at radius 2 is 2.25 bits per heavy atom. The Bertz CT molecular complexity index is 1120. The van der Waals surface area contributed by atoms with Gasteiger partial charge in [-0.1, -0.05) is 6.07 Å². The van der Waals surface area contributed by atoms with E-state index in [1.165, 1.54) is 0 Å². The van der Waals surface area contributed by atoms with E-state index >= 15 is 0 Å². The van der Waals surface area contributed by atoms with E-state index in [1.807, 2.05) is 17.5 Å². The standard InChI is InChI=1S/C21H19N3O3S/c25-15-3-4-18-14(9-15)8-13(12-27-18)10-24-6-5-17-16(11-24)21(26)23-20(22-17)19-2-1-7-28-19/h1-4,7-9,25H,5-6,10-12H2,(H,22,23,26). The molecule has 142 valence electrons. The third-order valence-electron chi connectivity index (χ3n) is 5.10. The van der Waals surface area contributed by atoms with E-state index in [1.54, 1.807) is 29.5 Å². The molecule has 0 bridgehead atoms. The number of fused-ring (bicyclic) bond motifs is 2. The lowest BCUT2D eigenvalue weighted by Gasteiger charge is -2.29. The lowest BCUT2D eigenvalue weighted by atomic mass is 10.0. The van der Waals surface area contributed by atoms with Gasteiger partial charge in [0.25, 0.3) is 5.56 Å². The number of aromatic nitrogens is 2. The van der Waals surface area contributed by atoms with Gasteiger partial charge in [0.15, 0.2) is 5.82 Å². The molecule has 7 heteroatoms. The maximum Gasteiger partial charge on any atom is 0.255 e. The van der Waals surface area contributed by atoms with Crippen LogP contribution in [0.15, 0.2) is 46.1 Å². The lowest BCUT2D eigenvalue weighted by molar-refractivity contribution is 0.254. The molecular weight excluding hydrogens is 374 g/mol. The van der Waals surface area contributed by atoms with Gasteiger partial charge in [0.05, 0.1) is 16.1 Å². The summed E-state index contributed by atoms with van der Waals surface area (Å²) in [7, 11) is 0. The molecule has 0 saturated carbocycles. The van der Waals surface area contributed by atoms with Gasteiger partial charge >= 0.3 is 0 Å². The van der Waals surface area contributed by atoms with Crippen LogP contribution >= 0.6 is 11.3 Å². The highest BCUT2D eigenvalue weighted by atomic mass is 32.1. The van der Waals surface area contributed by atoms with Crippen LogP contribution < -0.4 is 10.3 Å². The molecule has 0 amide bonds. The smallest absolute Gasteiger partial charge is 0.255 e. The van der Waals surface area contributed by atoms with Crippen molar-refractivity contribution in [2.75, 3.05) is 19.7 Å². The summed E-state index contributed by atoms with van der Waals surface area (Å²) in [6, 6.07) is 9.05. The third kappa shape index (κ3) is 3.23. The minimum absolute atomic E-state index is 0.0535. The molecule has 2 aliphatic heterocycles. The summed E-state index contributed by atoms with van der Waals surface area (Å²) in [5, 5.41) is 11.7. The van der Waals surface area contributed by atoms with Gasteiger partial charge in [0.2, 0.25) is 0 Å². The summed E-state index contributed by atoms with van der Waals surface area (Å²) >= 11 is 1.57. The molecule has 0 unspecified atom stereocenters. The molecule has 1 aromatic carbocycles. The molecule has 3 aromatic rings. The number of aromatic hydroxyl groups is 1. The molecule has 0 spiro atoms. The summed E-state index contributed by atoms with van der Waals surface area (Å²) in [5.41, 5.74) is 3.61. The molecule has 2 aromatic heterocycles. The normalized spacial score (nSPS) is 16.1. The quantitative estimate of drug-likeness (QED) is 0.715. The van der Waals surface area contributed by atoms with Gasteiger partial charge in [0, 0.05) is 31.6 Å². The fourth-order valence-electron chi connectivity index (χ4n) is 3.74. The topological polar surface area (TPSA) is 78.5 Å². The molecular formula is C21H19N3O3S. The van der Waals surface area contributed by atoms with Gasteiger partial charge in [-0.2, -0.15) is 0 Å². The van der Waals surface area contributed by atoms with Crippen molar-refractivity contribution < 1.29 is 9.84 Å². The Hall–Kier alpha value is -2.90. The number of ether oxygens (including phenoxy) is 1. The molecule has 0 fully saturated rings. The molecule has 6 nitrogen and oxygen atoms in total. The number of nitrogens with one attached hydrogen (secondary N) is 1. The number of hydrogen-bond acceptors (Lipinski definition) is 6. The lowest BCUT2D eigenvalue weighted by Crippen LogP contribution is -2.37. The van der Waals surface area contributed by atoms with Gasteiger partial charge in [-0.25, -0.2) is 4.98 Å². The predicted octanol–water partition coefficient (Wildman–Crippen LogP) is 3.04. The van der Waals surface area contributed by atoms with Crippen LogP contribution in [0.4, 0.5) is 0 Å². The van der Waals surface area contributed by atoms with Crippen molar-refractivity contribution in [2.45, 2.75) is 13.0 Å². The van der Waals surface area contributed by atoms with E-state index in [9.17, 15) is 9.90 Å². The summed E-state index contributed by atoms with van der Waals surface area (Å²) < 4.78 is 5.80. The first-order chi connectivity index (χ1) is 13.7. The number of aromatic amines is 1. The average Bonchev–Trinajstić information content (AvgIpc) is 3.23. The Labute approximate surface area is 165 Å². The van der Waals surface area contributed by atoms with Gasteiger partial charge < -0.3 is 14.8 Å². The van der Waals surface area contributed by atoms with E-state index < -0.39 is 0 Å². The first-order valence-electron chi connectivity index (χ1n) is 9.19. The highest BCUT2D eigenvalue weighted by Gasteiger charge is 2.23. The maximum atomic E-state index is 12.6. The van der Waals surface area contributed by atoms with Gasteiger partial charge in [-0.15, -0.1) is 11.3 Å². The molecule has 2 aliphatic rings. The van der Waals surface area contributed by atoms with Crippen molar-refractivity contribution in [1.82, 2.24) is 14.9 Å². The van der Waals surface area contributed by atoms with E-state index in [2.05, 4.69) is 16.0 Å². The van der Waals surface area contributed by atoms with Gasteiger partial charge in [-0.05, 0) is 41.3 Å². The Morgan fingerprint density at radius 1 is 1.32 bits per heavy atom. The molecule has 0 atom stereocenters. The van der Waals surface area contributed by atoms with Crippen LogP contribution in [-0.4, -0.2) is 39.7 Å². The predicted molar refractivity (Wildman–Crippen MR) is 109 cm³/mol. The largest absolute Gasteiger partial charge is 0.508 e. The molecule has 5 rings (SSSR count). The Morgan fingerprint density at radius 3 is 3.11 bits per heavy atom. The second kappa shape index (κ2) is 6.92. The summed E-state index contributed by atoms with van der Waals surface area (Å²) in [6.07, 6.45) is 2.82. The highest BCUT2D eigenvalue weighted by Crippen LogP contribution is 2.30. The number of rotatable bonds is 3. The van der Waals surface area contributed by atoms with E-state index in [0.29, 0.717) is 19.0 Å². The highest BCUT2D eigenvalue weighted by molar-refractivity contribution is 7.13. The minimum atomic E-state index is -0.0535. The monoisotopic (exact) mass is 393 g/mol. The third-order valence-corrected chi connectivity index (χ3v) is 5.97. The second-order valence-electron chi connectivity index (χ2n) is 7.09. The molecule has 2 N–H and O–H groups in total. The van der Waals surface area contributed by atoms with Crippen molar-refractivity contribution >= 4 is 17.4 Å². The van der Waals surface area contributed by atoms with Gasteiger partial charge in [-0.3, -0.25) is 9.69 Å². The first kappa shape index (κ1) is 17.2. The van der Waals surface area contributed by atoms with E-state index in [-0.39, 0.29) is 11.3 Å². The fraction of sp³-hybridized carbons (Fsp3) is 0.238. The SMILES string of the molecule is O=c1[nH]c(-c2cccs2)nc2c1CN(CC1=Cc3cc(O)ccc3OC1)CC2. The Balaban J connectivity index is 1.36.